The van der Waals surface area contributed by atoms with Gasteiger partial charge in [0.25, 0.3) is 0 Å². The van der Waals surface area contributed by atoms with Crippen molar-refractivity contribution in [3.8, 4) is 0 Å². The Morgan fingerprint density at radius 2 is 2.58 bits per heavy atom. The Kier molecular flexibility index (Phi) is 3.58. The number of hydrogen-bond donors (Lipinski definition) is 2. The van der Waals surface area contributed by atoms with Crippen LogP contribution >= 0.6 is 11.8 Å². The fourth-order valence-corrected chi connectivity index (χ4v) is 1.65. The number of nitrogens with two attached hydrogens (primary N) is 1. The molecule has 1 atom stereocenters. The zero-order valence-electron chi connectivity index (χ0n) is 7.32. The molecule has 3 N–H and O–H groups in total. The first kappa shape index (κ1) is 9.57. The summed E-state index contributed by atoms with van der Waals surface area (Å²) in [6.07, 6.45) is 5.86. The molecule has 0 amide bonds. The largest absolute Gasteiger partial charge is 0.275 e. The van der Waals surface area contributed by atoms with Crippen LogP contribution in [-0.2, 0) is 7.05 Å². The van der Waals surface area contributed by atoms with Gasteiger partial charge in [0.1, 0.15) is 0 Å². The van der Waals surface area contributed by atoms with Crippen LogP contribution in [0.15, 0.2) is 12.4 Å². The molecule has 0 saturated heterocycles. The van der Waals surface area contributed by atoms with Crippen LogP contribution < -0.4 is 11.3 Å². The number of nitrogens with zero attached hydrogens (tertiary/aromatic N) is 2. The van der Waals surface area contributed by atoms with Crippen LogP contribution in [0.5, 0.6) is 0 Å². The van der Waals surface area contributed by atoms with E-state index in [9.17, 15) is 0 Å². The average Bonchev–Trinajstić information content (AvgIpc) is 2.47. The van der Waals surface area contributed by atoms with Gasteiger partial charge in [-0.15, -0.1) is 0 Å². The molecular formula is C7H14N4S. The number of thioether (sulfide) groups is 1. The molecular weight excluding hydrogens is 172 g/mol. The topological polar surface area (TPSA) is 55.9 Å². The first-order valence-electron chi connectivity index (χ1n) is 3.71. The second kappa shape index (κ2) is 4.49. The van der Waals surface area contributed by atoms with Gasteiger partial charge in [0.05, 0.1) is 12.2 Å². The highest BCUT2D eigenvalue weighted by atomic mass is 32.2. The minimum atomic E-state index is 0.202. The molecule has 0 aliphatic heterocycles. The van der Waals surface area contributed by atoms with E-state index in [1.54, 1.807) is 16.4 Å². The summed E-state index contributed by atoms with van der Waals surface area (Å²) < 4.78 is 1.78. The summed E-state index contributed by atoms with van der Waals surface area (Å²) in [5.41, 5.74) is 3.89. The molecule has 0 fully saturated rings. The summed E-state index contributed by atoms with van der Waals surface area (Å²) in [4.78, 5) is 0. The number of hydrogen-bond acceptors (Lipinski definition) is 4. The van der Waals surface area contributed by atoms with Gasteiger partial charge in [-0.3, -0.25) is 16.0 Å². The minimum absolute atomic E-state index is 0.202. The zero-order chi connectivity index (χ0) is 8.97. The van der Waals surface area contributed by atoms with Gasteiger partial charge in [-0.25, -0.2) is 0 Å². The van der Waals surface area contributed by atoms with Crippen molar-refractivity contribution >= 4 is 11.8 Å². The van der Waals surface area contributed by atoms with Crippen LogP contribution in [0.1, 0.15) is 11.6 Å². The van der Waals surface area contributed by atoms with Gasteiger partial charge in [-0.1, -0.05) is 0 Å². The van der Waals surface area contributed by atoms with Gasteiger partial charge in [0, 0.05) is 24.6 Å². The summed E-state index contributed by atoms with van der Waals surface area (Å²) >= 11 is 1.76. The highest BCUT2D eigenvalue weighted by Crippen LogP contribution is 2.14. The Hall–Kier alpha value is -0.520. The van der Waals surface area contributed by atoms with E-state index in [2.05, 4.69) is 16.8 Å². The number of nitrogens with one attached hydrogen (secondary N) is 1. The van der Waals surface area contributed by atoms with E-state index < -0.39 is 0 Å². The van der Waals surface area contributed by atoms with Gasteiger partial charge in [-0.2, -0.15) is 16.9 Å². The van der Waals surface area contributed by atoms with Gasteiger partial charge in [-0.05, 0) is 6.26 Å². The van der Waals surface area contributed by atoms with Crippen LogP contribution in [0, 0.1) is 0 Å². The molecule has 12 heavy (non-hydrogen) atoms. The molecule has 1 aromatic heterocycles. The summed E-state index contributed by atoms with van der Waals surface area (Å²) in [6.45, 7) is 0. The van der Waals surface area contributed by atoms with E-state index in [1.165, 1.54) is 0 Å². The quantitative estimate of drug-likeness (QED) is 0.524. The van der Waals surface area contributed by atoms with Crippen molar-refractivity contribution in [2.45, 2.75) is 6.04 Å². The number of rotatable bonds is 4. The van der Waals surface area contributed by atoms with Crippen molar-refractivity contribution in [2.24, 2.45) is 12.9 Å². The van der Waals surface area contributed by atoms with Gasteiger partial charge < -0.3 is 0 Å². The maximum absolute atomic E-state index is 5.40. The minimum Gasteiger partial charge on any atom is -0.275 e. The zero-order valence-corrected chi connectivity index (χ0v) is 8.14. The Bertz CT molecular complexity index is 235. The highest BCUT2D eigenvalue weighted by molar-refractivity contribution is 7.98. The lowest BCUT2D eigenvalue weighted by molar-refractivity contribution is 0.610. The van der Waals surface area contributed by atoms with E-state index in [0.29, 0.717) is 0 Å². The molecule has 0 spiro atoms. The number of aryl methyl sites for hydroxylation is 1. The predicted octanol–water partition coefficient (Wildman–Crippen LogP) is 0.287. The molecule has 5 heteroatoms. The SMILES string of the molecule is CSCC(NN)c1cnn(C)c1. The molecule has 0 aliphatic carbocycles. The van der Waals surface area contributed by atoms with Crippen molar-refractivity contribution < 1.29 is 0 Å². The Morgan fingerprint density at radius 3 is 3.00 bits per heavy atom. The van der Waals surface area contributed by atoms with Crippen LogP contribution in [-0.4, -0.2) is 21.8 Å². The van der Waals surface area contributed by atoms with E-state index >= 15 is 0 Å². The normalized spacial score (nSPS) is 13.2. The first-order chi connectivity index (χ1) is 5.77. The van der Waals surface area contributed by atoms with E-state index in [4.69, 9.17) is 5.84 Å². The molecule has 68 valence electrons. The van der Waals surface area contributed by atoms with E-state index in [0.717, 1.165) is 11.3 Å². The third-order valence-corrected chi connectivity index (χ3v) is 2.33. The molecule has 1 rings (SSSR count). The molecule has 0 aromatic carbocycles. The van der Waals surface area contributed by atoms with Gasteiger partial charge in [0.15, 0.2) is 0 Å². The van der Waals surface area contributed by atoms with Gasteiger partial charge >= 0.3 is 0 Å². The third kappa shape index (κ3) is 2.23. The molecule has 1 aromatic rings. The lowest BCUT2D eigenvalue weighted by Crippen LogP contribution is -2.29. The molecule has 0 aliphatic rings. The maximum atomic E-state index is 5.40. The molecule has 4 nitrogen and oxygen atoms in total. The van der Waals surface area contributed by atoms with E-state index in [1.807, 2.05) is 19.4 Å². The lowest BCUT2D eigenvalue weighted by Gasteiger charge is -2.11. The Labute approximate surface area is 76.5 Å². The summed E-state index contributed by atoms with van der Waals surface area (Å²) in [6, 6.07) is 0.202. The molecule has 1 heterocycles. The number of hydrazine groups is 1. The standard InChI is InChI=1S/C7H14N4S/c1-11-4-6(3-9-11)7(10-8)5-12-2/h3-4,7,10H,5,8H2,1-2H3. The summed E-state index contributed by atoms with van der Waals surface area (Å²) in [5.74, 6) is 6.36. The van der Waals surface area contributed by atoms with Crippen LogP contribution in [0.25, 0.3) is 0 Å². The van der Waals surface area contributed by atoms with Crippen LogP contribution in [0.2, 0.25) is 0 Å². The monoisotopic (exact) mass is 186 g/mol. The third-order valence-electron chi connectivity index (χ3n) is 1.66. The highest BCUT2D eigenvalue weighted by Gasteiger charge is 2.09. The fraction of sp³-hybridized carbons (Fsp3) is 0.571. The maximum Gasteiger partial charge on any atom is 0.0581 e. The molecule has 1 unspecified atom stereocenters. The average molecular weight is 186 g/mol. The summed E-state index contributed by atoms with van der Waals surface area (Å²) in [7, 11) is 1.90. The van der Waals surface area contributed by atoms with E-state index in [-0.39, 0.29) is 6.04 Å². The van der Waals surface area contributed by atoms with Crippen molar-refractivity contribution in [1.29, 1.82) is 0 Å². The fourth-order valence-electron chi connectivity index (χ4n) is 1.03. The smallest absolute Gasteiger partial charge is 0.0581 e. The second-order valence-electron chi connectivity index (χ2n) is 2.62. The second-order valence-corrected chi connectivity index (χ2v) is 3.53. The van der Waals surface area contributed by atoms with Crippen molar-refractivity contribution in [2.75, 3.05) is 12.0 Å². The summed E-state index contributed by atoms with van der Waals surface area (Å²) in [5, 5.41) is 4.08. The molecule has 0 bridgehead atoms. The first-order valence-corrected chi connectivity index (χ1v) is 5.11. The predicted molar refractivity (Wildman–Crippen MR) is 51.7 cm³/mol. The van der Waals surface area contributed by atoms with Crippen molar-refractivity contribution in [1.82, 2.24) is 15.2 Å². The van der Waals surface area contributed by atoms with Crippen molar-refractivity contribution in [3.63, 3.8) is 0 Å². The lowest BCUT2D eigenvalue weighted by atomic mass is 10.2. The van der Waals surface area contributed by atoms with Crippen molar-refractivity contribution in [3.05, 3.63) is 18.0 Å². The Balaban J connectivity index is 2.66. The van der Waals surface area contributed by atoms with Crippen LogP contribution in [0.4, 0.5) is 0 Å². The van der Waals surface area contributed by atoms with Gasteiger partial charge in [0.2, 0.25) is 0 Å². The Morgan fingerprint density at radius 1 is 1.83 bits per heavy atom. The molecule has 0 saturated carbocycles. The van der Waals surface area contributed by atoms with Crippen LogP contribution in [0.3, 0.4) is 0 Å². The number of aromatic nitrogens is 2. The molecule has 0 radical (unpaired) electrons.